The van der Waals surface area contributed by atoms with Gasteiger partial charge in [0, 0.05) is 11.8 Å². The molecule has 0 spiro atoms. The molecule has 4 nitrogen and oxygen atoms in total. The van der Waals surface area contributed by atoms with Crippen LogP contribution in [0.25, 0.3) is 0 Å². The molecule has 2 rings (SSSR count). The van der Waals surface area contributed by atoms with Crippen molar-refractivity contribution in [1.29, 1.82) is 0 Å². The minimum absolute atomic E-state index is 0.194. The molecule has 0 saturated heterocycles. The Labute approximate surface area is 142 Å². The summed E-state index contributed by atoms with van der Waals surface area (Å²) in [4.78, 5) is 22.9. The second-order valence-electron chi connectivity index (χ2n) is 6.19. The third-order valence-electron chi connectivity index (χ3n) is 4.28. The van der Waals surface area contributed by atoms with E-state index in [4.69, 9.17) is 5.11 Å². The molecule has 0 saturated carbocycles. The van der Waals surface area contributed by atoms with Crippen LogP contribution < -0.4 is 5.32 Å². The van der Waals surface area contributed by atoms with Crippen molar-refractivity contribution in [2.45, 2.75) is 40.0 Å². The van der Waals surface area contributed by atoms with E-state index in [1.165, 1.54) is 28.9 Å². The zero-order valence-corrected chi connectivity index (χ0v) is 14.3. The Morgan fingerprint density at radius 1 is 1.12 bits per heavy atom. The predicted molar refractivity (Wildman–Crippen MR) is 96.1 cm³/mol. The Hall–Kier alpha value is -2.62. The maximum absolute atomic E-state index is 12.1. The van der Waals surface area contributed by atoms with Crippen LogP contribution in [0.5, 0.6) is 0 Å². The molecule has 1 aliphatic carbocycles. The summed E-state index contributed by atoms with van der Waals surface area (Å²) < 4.78 is 0. The van der Waals surface area contributed by atoms with Gasteiger partial charge in [-0.25, -0.2) is 4.79 Å². The quantitative estimate of drug-likeness (QED) is 0.787. The molecule has 0 radical (unpaired) electrons. The number of aromatic carboxylic acids is 1. The van der Waals surface area contributed by atoms with Gasteiger partial charge in [0.25, 0.3) is 0 Å². The van der Waals surface area contributed by atoms with Crippen molar-refractivity contribution in [3.05, 3.63) is 64.3 Å². The highest BCUT2D eigenvalue weighted by molar-refractivity contribution is 6.00. The molecule has 0 unspecified atom stereocenters. The van der Waals surface area contributed by atoms with E-state index in [0.717, 1.165) is 24.8 Å². The minimum Gasteiger partial charge on any atom is -0.478 e. The lowest BCUT2D eigenvalue weighted by Crippen LogP contribution is -2.09. The van der Waals surface area contributed by atoms with Gasteiger partial charge in [0.1, 0.15) is 0 Å². The number of nitrogens with one attached hydrogen (secondary N) is 1. The van der Waals surface area contributed by atoms with Gasteiger partial charge in [-0.15, -0.1) is 0 Å². The largest absolute Gasteiger partial charge is 0.478 e. The number of carboxylic acid groups (broad SMARTS) is 1. The van der Waals surface area contributed by atoms with Gasteiger partial charge in [0.15, 0.2) is 0 Å². The molecule has 0 fully saturated rings. The second kappa shape index (κ2) is 7.77. The smallest absolute Gasteiger partial charge is 0.335 e. The minimum atomic E-state index is -0.985. The van der Waals surface area contributed by atoms with E-state index in [2.05, 4.69) is 25.2 Å². The fourth-order valence-electron chi connectivity index (χ4n) is 2.77. The first-order valence-corrected chi connectivity index (χ1v) is 8.07. The fourth-order valence-corrected chi connectivity index (χ4v) is 2.77. The van der Waals surface area contributed by atoms with E-state index in [-0.39, 0.29) is 11.5 Å². The summed E-state index contributed by atoms with van der Waals surface area (Å²) in [7, 11) is 0. The first-order valence-electron chi connectivity index (χ1n) is 8.07. The van der Waals surface area contributed by atoms with Crippen LogP contribution >= 0.6 is 0 Å². The molecule has 0 atom stereocenters. The molecule has 1 amide bonds. The molecular weight excluding hydrogens is 302 g/mol. The van der Waals surface area contributed by atoms with Gasteiger partial charge in [-0.2, -0.15) is 0 Å². The molecule has 1 aliphatic rings. The number of allylic oxidation sites excluding steroid dienone is 5. The van der Waals surface area contributed by atoms with Crippen LogP contribution in [0.1, 0.15) is 50.4 Å². The zero-order valence-electron chi connectivity index (χ0n) is 14.3. The number of carboxylic acids is 1. The van der Waals surface area contributed by atoms with Crippen molar-refractivity contribution in [2.75, 3.05) is 5.32 Å². The van der Waals surface area contributed by atoms with E-state index < -0.39 is 5.97 Å². The van der Waals surface area contributed by atoms with E-state index in [9.17, 15) is 9.59 Å². The average Bonchev–Trinajstić information content (AvgIpc) is 2.52. The van der Waals surface area contributed by atoms with E-state index >= 15 is 0 Å². The Bertz CT molecular complexity index is 737. The highest BCUT2D eigenvalue weighted by atomic mass is 16.4. The van der Waals surface area contributed by atoms with Crippen molar-refractivity contribution >= 4 is 17.6 Å². The standard InChI is InChI=1S/C20H23NO3/c1-13(11-17-6-4-5-14(2)15(17)3)12-19(22)21-18-9-7-16(8-10-18)20(23)24/h7-12H,4-6H2,1-3H3,(H,21,22)(H,23,24)/b13-12+,17-11+. The summed E-state index contributed by atoms with van der Waals surface area (Å²) >= 11 is 0. The Kier molecular flexibility index (Phi) is 5.74. The zero-order chi connectivity index (χ0) is 17.7. The maximum atomic E-state index is 12.1. The molecule has 2 N–H and O–H groups in total. The summed E-state index contributed by atoms with van der Waals surface area (Å²) in [5.41, 5.74) is 5.72. The average molecular weight is 325 g/mol. The Morgan fingerprint density at radius 3 is 2.42 bits per heavy atom. The molecule has 0 aromatic heterocycles. The Morgan fingerprint density at radius 2 is 1.79 bits per heavy atom. The number of carbonyl (C=O) groups excluding carboxylic acids is 1. The fraction of sp³-hybridized carbons (Fsp3) is 0.300. The number of carbonyl (C=O) groups is 2. The number of rotatable bonds is 4. The van der Waals surface area contributed by atoms with Crippen molar-refractivity contribution < 1.29 is 14.7 Å². The first kappa shape index (κ1) is 17.7. The lowest BCUT2D eigenvalue weighted by molar-refractivity contribution is -0.111. The molecule has 126 valence electrons. The summed E-state index contributed by atoms with van der Waals surface area (Å²) in [6, 6.07) is 6.10. The van der Waals surface area contributed by atoms with Gasteiger partial charge >= 0.3 is 5.97 Å². The predicted octanol–water partition coefficient (Wildman–Crippen LogP) is 4.72. The lowest BCUT2D eigenvalue weighted by Gasteiger charge is -2.18. The molecule has 0 bridgehead atoms. The molecule has 0 heterocycles. The highest BCUT2D eigenvalue weighted by Gasteiger charge is 2.10. The molecule has 4 heteroatoms. The third kappa shape index (κ3) is 4.69. The van der Waals surface area contributed by atoms with Crippen LogP contribution in [0, 0.1) is 0 Å². The Balaban J connectivity index is 2.06. The normalized spacial score (nSPS) is 17.1. The second-order valence-corrected chi connectivity index (χ2v) is 6.19. The monoisotopic (exact) mass is 325 g/mol. The summed E-state index contributed by atoms with van der Waals surface area (Å²) in [5, 5.41) is 11.6. The number of hydrogen-bond donors (Lipinski definition) is 2. The molecule has 0 aliphatic heterocycles. The van der Waals surface area contributed by atoms with Crippen LogP contribution in [0.2, 0.25) is 0 Å². The molecule has 1 aromatic carbocycles. The summed E-state index contributed by atoms with van der Waals surface area (Å²) in [6.45, 7) is 6.21. The van der Waals surface area contributed by atoms with Gasteiger partial charge in [-0.3, -0.25) is 4.79 Å². The van der Waals surface area contributed by atoms with Gasteiger partial charge in [0.05, 0.1) is 5.56 Å². The van der Waals surface area contributed by atoms with Crippen LogP contribution in [-0.4, -0.2) is 17.0 Å². The van der Waals surface area contributed by atoms with E-state index in [0.29, 0.717) is 5.69 Å². The van der Waals surface area contributed by atoms with E-state index in [1.54, 1.807) is 18.2 Å². The van der Waals surface area contributed by atoms with Crippen LogP contribution in [0.15, 0.2) is 58.7 Å². The van der Waals surface area contributed by atoms with E-state index in [1.807, 2.05) is 6.92 Å². The van der Waals surface area contributed by atoms with Crippen LogP contribution in [-0.2, 0) is 4.79 Å². The molecular formula is C20H23NO3. The summed E-state index contributed by atoms with van der Waals surface area (Å²) in [6.07, 6.45) is 7.00. The van der Waals surface area contributed by atoms with Crippen molar-refractivity contribution in [2.24, 2.45) is 0 Å². The lowest BCUT2D eigenvalue weighted by atomic mass is 9.88. The van der Waals surface area contributed by atoms with Gasteiger partial charge in [-0.05, 0) is 81.0 Å². The number of amides is 1. The van der Waals surface area contributed by atoms with Crippen LogP contribution in [0.4, 0.5) is 5.69 Å². The van der Waals surface area contributed by atoms with Crippen molar-refractivity contribution in [3.63, 3.8) is 0 Å². The topological polar surface area (TPSA) is 66.4 Å². The van der Waals surface area contributed by atoms with Gasteiger partial charge in [0.2, 0.25) is 5.91 Å². The van der Waals surface area contributed by atoms with Gasteiger partial charge < -0.3 is 10.4 Å². The third-order valence-corrected chi connectivity index (χ3v) is 4.28. The highest BCUT2D eigenvalue weighted by Crippen LogP contribution is 2.29. The summed E-state index contributed by atoms with van der Waals surface area (Å²) in [5.74, 6) is -1.21. The van der Waals surface area contributed by atoms with Crippen molar-refractivity contribution in [1.82, 2.24) is 0 Å². The maximum Gasteiger partial charge on any atom is 0.335 e. The SMILES string of the molecule is CC1=C(C)/C(=C/C(C)=C/C(=O)Nc2ccc(C(=O)O)cc2)CCC1. The molecule has 1 aromatic rings. The number of hydrogen-bond acceptors (Lipinski definition) is 2. The molecule has 24 heavy (non-hydrogen) atoms. The van der Waals surface area contributed by atoms with Gasteiger partial charge in [-0.1, -0.05) is 11.6 Å². The van der Waals surface area contributed by atoms with Crippen molar-refractivity contribution in [3.8, 4) is 0 Å². The number of benzene rings is 1. The van der Waals surface area contributed by atoms with Crippen LogP contribution in [0.3, 0.4) is 0 Å². The first-order chi connectivity index (χ1) is 11.4. The number of anilines is 1.